The molecule has 2 unspecified atom stereocenters. The predicted octanol–water partition coefficient (Wildman–Crippen LogP) is 0.736. The van der Waals surface area contributed by atoms with Gasteiger partial charge in [-0.25, -0.2) is 0 Å². The van der Waals surface area contributed by atoms with Crippen LogP contribution in [-0.4, -0.2) is 17.5 Å². The quantitative estimate of drug-likeness (QED) is 0.557. The molecule has 0 amide bonds. The molecule has 0 aromatic rings. The van der Waals surface area contributed by atoms with Crippen molar-refractivity contribution < 1.29 is 9.90 Å². The van der Waals surface area contributed by atoms with Crippen molar-refractivity contribution in [3.63, 3.8) is 0 Å². The minimum Gasteiger partial charge on any atom is -0.393 e. The molecule has 1 rings (SSSR count). The topological polar surface area (TPSA) is 37.3 Å². The minimum atomic E-state index is -0.199. The second kappa shape index (κ2) is 2.97. The summed E-state index contributed by atoms with van der Waals surface area (Å²) in [6, 6.07) is 0. The number of hydrogen-bond acceptors (Lipinski definition) is 2. The maximum absolute atomic E-state index is 10.00. The lowest BCUT2D eigenvalue weighted by Crippen LogP contribution is -2.12. The molecule has 0 aromatic heterocycles. The van der Waals surface area contributed by atoms with Gasteiger partial charge in [0.25, 0.3) is 0 Å². The van der Waals surface area contributed by atoms with Crippen LogP contribution in [0.15, 0.2) is 0 Å². The number of carbonyl (C=O) groups is 1. The van der Waals surface area contributed by atoms with E-state index in [4.69, 9.17) is 5.11 Å². The third-order valence-electron chi connectivity index (χ3n) is 2.02. The molecule has 2 atom stereocenters. The summed E-state index contributed by atoms with van der Waals surface area (Å²) in [5, 5.41) is 9.16. The van der Waals surface area contributed by atoms with Crippen molar-refractivity contribution in [1.82, 2.24) is 0 Å². The van der Waals surface area contributed by atoms with Gasteiger partial charge in [0.2, 0.25) is 0 Å². The first-order chi connectivity index (χ1) is 4.34. The lowest BCUT2D eigenvalue weighted by atomic mass is 10.0. The van der Waals surface area contributed by atoms with Crippen LogP contribution in [0.5, 0.6) is 0 Å². The largest absolute Gasteiger partial charge is 0.393 e. The van der Waals surface area contributed by atoms with E-state index in [0.717, 1.165) is 25.5 Å². The molecule has 0 heterocycles. The normalized spacial score (nSPS) is 34.8. The number of aliphatic hydroxyl groups excluding tert-OH is 1. The van der Waals surface area contributed by atoms with E-state index >= 15 is 0 Å². The Kier molecular flexibility index (Phi) is 2.22. The molecule has 0 spiro atoms. The number of aliphatic hydroxyl groups is 1. The van der Waals surface area contributed by atoms with Gasteiger partial charge in [-0.15, -0.1) is 0 Å². The average Bonchev–Trinajstić information content (AvgIpc) is 2.18. The lowest BCUT2D eigenvalue weighted by Gasteiger charge is -2.08. The Bertz CT molecular complexity index is 101. The molecule has 1 aliphatic rings. The van der Waals surface area contributed by atoms with Crippen LogP contribution in [0.2, 0.25) is 0 Å². The second-order valence-corrected chi connectivity index (χ2v) is 2.66. The van der Waals surface area contributed by atoms with Crippen molar-refractivity contribution in [3.8, 4) is 0 Å². The molecule has 52 valence electrons. The number of rotatable bonds is 2. The van der Waals surface area contributed by atoms with E-state index < -0.39 is 0 Å². The van der Waals surface area contributed by atoms with E-state index in [1.165, 1.54) is 0 Å². The monoisotopic (exact) mass is 128 g/mol. The maximum atomic E-state index is 10.00. The zero-order chi connectivity index (χ0) is 6.69. The SMILES string of the molecule is O=CCC1CCCC1O. The first-order valence-corrected chi connectivity index (χ1v) is 3.46. The van der Waals surface area contributed by atoms with Gasteiger partial charge in [-0.3, -0.25) is 0 Å². The van der Waals surface area contributed by atoms with E-state index in [1.54, 1.807) is 0 Å². The first-order valence-electron chi connectivity index (χ1n) is 3.46. The molecular formula is C7H12O2. The van der Waals surface area contributed by atoms with E-state index in [1.807, 2.05) is 0 Å². The second-order valence-electron chi connectivity index (χ2n) is 2.66. The molecule has 2 heteroatoms. The smallest absolute Gasteiger partial charge is 0.120 e. The lowest BCUT2D eigenvalue weighted by molar-refractivity contribution is -0.109. The fourth-order valence-corrected chi connectivity index (χ4v) is 1.42. The van der Waals surface area contributed by atoms with Crippen LogP contribution in [0.1, 0.15) is 25.7 Å². The fourth-order valence-electron chi connectivity index (χ4n) is 1.42. The summed E-state index contributed by atoms with van der Waals surface area (Å²) in [5.74, 6) is 0.266. The molecule has 1 N–H and O–H groups in total. The highest BCUT2D eigenvalue weighted by molar-refractivity contribution is 5.49. The first kappa shape index (κ1) is 6.75. The van der Waals surface area contributed by atoms with E-state index in [9.17, 15) is 4.79 Å². The molecule has 0 saturated heterocycles. The summed E-state index contributed by atoms with van der Waals surface area (Å²) in [6.45, 7) is 0. The maximum Gasteiger partial charge on any atom is 0.120 e. The minimum absolute atomic E-state index is 0.199. The molecular weight excluding hydrogens is 116 g/mol. The number of carbonyl (C=O) groups excluding carboxylic acids is 1. The molecule has 2 nitrogen and oxygen atoms in total. The number of aldehydes is 1. The zero-order valence-corrected chi connectivity index (χ0v) is 5.42. The van der Waals surface area contributed by atoms with Gasteiger partial charge in [-0.1, -0.05) is 6.42 Å². The summed E-state index contributed by atoms with van der Waals surface area (Å²) >= 11 is 0. The fraction of sp³-hybridized carbons (Fsp3) is 0.857. The van der Waals surface area contributed by atoms with Gasteiger partial charge < -0.3 is 9.90 Å². The van der Waals surface area contributed by atoms with Gasteiger partial charge in [-0.05, 0) is 18.8 Å². The number of hydrogen-bond donors (Lipinski definition) is 1. The van der Waals surface area contributed by atoms with Crippen LogP contribution in [0.3, 0.4) is 0 Å². The van der Waals surface area contributed by atoms with Crippen LogP contribution in [0, 0.1) is 5.92 Å². The van der Waals surface area contributed by atoms with Crippen LogP contribution < -0.4 is 0 Å². The van der Waals surface area contributed by atoms with Crippen molar-refractivity contribution in [3.05, 3.63) is 0 Å². The average molecular weight is 128 g/mol. The van der Waals surface area contributed by atoms with Gasteiger partial charge in [0.05, 0.1) is 6.10 Å². The van der Waals surface area contributed by atoms with Gasteiger partial charge in [0, 0.05) is 6.42 Å². The molecule has 9 heavy (non-hydrogen) atoms. The van der Waals surface area contributed by atoms with Crippen LogP contribution in [0.4, 0.5) is 0 Å². The molecule has 0 aromatic carbocycles. The molecule has 0 aliphatic heterocycles. The Morgan fingerprint density at radius 3 is 2.78 bits per heavy atom. The standard InChI is InChI=1S/C7H12O2/c8-5-4-6-2-1-3-7(6)9/h5-7,9H,1-4H2. The highest BCUT2D eigenvalue weighted by atomic mass is 16.3. The predicted molar refractivity (Wildman–Crippen MR) is 34.0 cm³/mol. The van der Waals surface area contributed by atoms with Crippen molar-refractivity contribution >= 4 is 6.29 Å². The third kappa shape index (κ3) is 1.52. The molecule has 1 aliphatic carbocycles. The molecule has 0 bridgehead atoms. The van der Waals surface area contributed by atoms with Crippen molar-refractivity contribution in [2.45, 2.75) is 31.8 Å². The van der Waals surface area contributed by atoms with Crippen LogP contribution >= 0.6 is 0 Å². The summed E-state index contributed by atoms with van der Waals surface area (Å²) in [6.07, 6.45) is 4.24. The van der Waals surface area contributed by atoms with Gasteiger partial charge >= 0.3 is 0 Å². The van der Waals surface area contributed by atoms with Gasteiger partial charge in [0.1, 0.15) is 6.29 Å². The Morgan fingerprint density at radius 2 is 2.33 bits per heavy atom. The van der Waals surface area contributed by atoms with Crippen molar-refractivity contribution in [1.29, 1.82) is 0 Å². The molecule has 1 fully saturated rings. The summed E-state index contributed by atoms with van der Waals surface area (Å²) in [5.41, 5.74) is 0. The van der Waals surface area contributed by atoms with Crippen LogP contribution in [-0.2, 0) is 4.79 Å². The highest BCUT2D eigenvalue weighted by Gasteiger charge is 2.23. The zero-order valence-electron chi connectivity index (χ0n) is 5.42. The Hall–Kier alpha value is -0.370. The molecule has 0 radical (unpaired) electrons. The molecule has 1 saturated carbocycles. The highest BCUT2D eigenvalue weighted by Crippen LogP contribution is 2.26. The van der Waals surface area contributed by atoms with Gasteiger partial charge in [0.15, 0.2) is 0 Å². The van der Waals surface area contributed by atoms with Crippen molar-refractivity contribution in [2.24, 2.45) is 5.92 Å². The Labute approximate surface area is 54.9 Å². The van der Waals surface area contributed by atoms with Crippen LogP contribution in [0.25, 0.3) is 0 Å². The van der Waals surface area contributed by atoms with Crippen molar-refractivity contribution in [2.75, 3.05) is 0 Å². The van der Waals surface area contributed by atoms with E-state index in [2.05, 4.69) is 0 Å². The van der Waals surface area contributed by atoms with E-state index in [-0.39, 0.29) is 12.0 Å². The summed E-state index contributed by atoms with van der Waals surface area (Å²) in [4.78, 5) is 10.00. The third-order valence-corrected chi connectivity index (χ3v) is 2.02. The summed E-state index contributed by atoms with van der Waals surface area (Å²) < 4.78 is 0. The summed E-state index contributed by atoms with van der Waals surface area (Å²) in [7, 11) is 0. The van der Waals surface area contributed by atoms with E-state index in [0.29, 0.717) is 6.42 Å². The Morgan fingerprint density at radius 1 is 1.56 bits per heavy atom. The Balaban J connectivity index is 2.30. The van der Waals surface area contributed by atoms with Gasteiger partial charge in [-0.2, -0.15) is 0 Å².